The maximum atomic E-state index is 5.34. The van der Waals surface area contributed by atoms with Crippen LogP contribution in [0.4, 0.5) is 0 Å². The number of hydrogen-bond donors (Lipinski definition) is 0. The molecule has 0 radical (unpaired) electrons. The van der Waals surface area contributed by atoms with Gasteiger partial charge < -0.3 is 0 Å². The van der Waals surface area contributed by atoms with E-state index in [1.54, 1.807) is 0 Å². The van der Waals surface area contributed by atoms with Crippen LogP contribution >= 0.6 is 18.6 Å². The van der Waals surface area contributed by atoms with Crippen LogP contribution in [0, 0.1) is 0 Å². The van der Waals surface area contributed by atoms with Gasteiger partial charge in [-0.15, -0.1) is 0 Å². The summed E-state index contributed by atoms with van der Waals surface area (Å²) in [5.41, 5.74) is 0. The first kappa shape index (κ1) is 6.54. The molecule has 3 heteroatoms. The van der Waals surface area contributed by atoms with E-state index in [0.717, 1.165) is 6.61 Å². The van der Waals surface area contributed by atoms with Gasteiger partial charge in [0.25, 0.3) is 0 Å². The molecule has 1 saturated heterocycles. The number of alkyl halides is 1. The van der Waals surface area contributed by atoms with E-state index in [4.69, 9.17) is 4.74 Å². The van der Waals surface area contributed by atoms with E-state index in [2.05, 4.69) is 18.6 Å². The Kier molecular flexibility index (Phi) is 3.22. The molecule has 1 aliphatic rings. The number of rotatable bonds is 1. The Bertz CT molecular complexity index is 51.7. The van der Waals surface area contributed by atoms with E-state index in [-0.39, 0.29) is 0 Å². The quantitative estimate of drug-likeness (QED) is 0.424. The van der Waals surface area contributed by atoms with Gasteiger partial charge >= 0.3 is 64.1 Å². The maximum absolute atomic E-state index is 5.34. The molecule has 44 valence electrons. The van der Waals surface area contributed by atoms with Crippen molar-refractivity contribution in [3.05, 3.63) is 0 Å². The summed E-state index contributed by atoms with van der Waals surface area (Å²) in [6.45, 7) is 1.02. The molecule has 1 unspecified atom stereocenters. The fourth-order valence-electron chi connectivity index (χ4n) is 0.603. The second kappa shape index (κ2) is 3.45. The van der Waals surface area contributed by atoms with E-state index < -0.39 is 0 Å². The molecule has 0 spiro atoms. The molecule has 7 heavy (non-hydrogen) atoms. The van der Waals surface area contributed by atoms with Crippen LogP contribution in [0.2, 0.25) is 0 Å². The van der Waals surface area contributed by atoms with Crippen LogP contribution in [0.5, 0.6) is 0 Å². The van der Waals surface area contributed by atoms with Crippen molar-refractivity contribution in [2.45, 2.75) is 17.0 Å². The third kappa shape index (κ3) is 2.01. The van der Waals surface area contributed by atoms with Gasteiger partial charge in [0.2, 0.25) is 0 Å². The molecule has 0 aliphatic carbocycles. The SMILES string of the molecule is I[I-]C1CCCO1. The van der Waals surface area contributed by atoms with E-state index in [1.165, 1.54) is 12.8 Å². The first-order valence-electron chi connectivity index (χ1n) is 2.29. The first-order chi connectivity index (χ1) is 3.43. The van der Waals surface area contributed by atoms with Gasteiger partial charge in [0.15, 0.2) is 0 Å². The molecule has 0 aromatic carbocycles. The van der Waals surface area contributed by atoms with Crippen molar-refractivity contribution < 1.29 is 22.0 Å². The Morgan fingerprint density at radius 3 is 2.86 bits per heavy atom. The predicted molar refractivity (Wildman–Crippen MR) is 33.0 cm³/mol. The molecule has 0 saturated carbocycles. The summed E-state index contributed by atoms with van der Waals surface area (Å²) >= 11 is 2.83. The summed E-state index contributed by atoms with van der Waals surface area (Å²) in [5.74, 6) is 0. The molecule has 0 N–H and O–H groups in total. The summed E-state index contributed by atoms with van der Waals surface area (Å²) in [6.07, 6.45) is 2.63. The molecular weight excluding hydrogens is 318 g/mol. The summed E-state index contributed by atoms with van der Waals surface area (Å²) in [7, 11) is 0. The average molecular weight is 325 g/mol. The van der Waals surface area contributed by atoms with Crippen LogP contribution in [0.25, 0.3) is 0 Å². The Morgan fingerprint density at radius 2 is 2.57 bits per heavy atom. The minimum absolute atomic E-state index is 0.352. The molecule has 1 heterocycles. The van der Waals surface area contributed by atoms with Gasteiger partial charge in [-0.1, -0.05) is 0 Å². The summed E-state index contributed by atoms with van der Waals surface area (Å²) in [4.78, 5) is 0. The van der Waals surface area contributed by atoms with E-state index in [9.17, 15) is 0 Å². The van der Waals surface area contributed by atoms with Gasteiger partial charge in [0.05, 0.1) is 0 Å². The van der Waals surface area contributed by atoms with Crippen molar-refractivity contribution in [3.63, 3.8) is 0 Å². The predicted octanol–water partition coefficient (Wildman–Crippen LogP) is -1.44. The van der Waals surface area contributed by atoms with E-state index in [1.807, 2.05) is 0 Å². The topological polar surface area (TPSA) is 9.23 Å². The van der Waals surface area contributed by atoms with Gasteiger partial charge in [-0.2, -0.15) is 0 Å². The molecule has 1 rings (SSSR count). The Labute approximate surface area is 63.6 Å². The third-order valence-electron chi connectivity index (χ3n) is 0.966. The fraction of sp³-hybridized carbons (Fsp3) is 1.00. The molecule has 1 fully saturated rings. The van der Waals surface area contributed by atoms with Crippen molar-refractivity contribution in [1.82, 2.24) is 0 Å². The van der Waals surface area contributed by atoms with Gasteiger partial charge in [-0.3, -0.25) is 0 Å². The molecule has 0 bridgehead atoms. The summed E-state index contributed by atoms with van der Waals surface area (Å²) in [6, 6.07) is 0. The van der Waals surface area contributed by atoms with Crippen LogP contribution in [-0.2, 0) is 4.74 Å². The summed E-state index contributed by atoms with van der Waals surface area (Å²) < 4.78 is 6.04. The van der Waals surface area contributed by atoms with E-state index >= 15 is 0 Å². The van der Waals surface area contributed by atoms with Gasteiger partial charge in [0, 0.05) is 0 Å². The molecule has 0 amide bonds. The normalized spacial score (nSPS) is 31.9. The van der Waals surface area contributed by atoms with Crippen molar-refractivity contribution in [3.8, 4) is 0 Å². The van der Waals surface area contributed by atoms with Crippen molar-refractivity contribution in [1.29, 1.82) is 0 Å². The van der Waals surface area contributed by atoms with Crippen LogP contribution in [0.1, 0.15) is 12.8 Å². The molecule has 1 atom stereocenters. The Balaban J connectivity index is 2.14. The van der Waals surface area contributed by atoms with Crippen molar-refractivity contribution in [2.75, 3.05) is 6.61 Å². The van der Waals surface area contributed by atoms with Gasteiger partial charge in [0.1, 0.15) is 0 Å². The molecule has 0 aromatic rings. The number of hydrogen-bond acceptors (Lipinski definition) is 1. The van der Waals surface area contributed by atoms with Crippen molar-refractivity contribution in [2.24, 2.45) is 0 Å². The van der Waals surface area contributed by atoms with Crippen LogP contribution in [0.3, 0.4) is 0 Å². The van der Waals surface area contributed by atoms with Gasteiger partial charge in [-0.05, 0) is 0 Å². The molecular formula is C4H7I2O-. The minimum atomic E-state index is 0.352. The fourth-order valence-corrected chi connectivity index (χ4v) is 4.16. The number of halogens is 2. The second-order valence-electron chi connectivity index (χ2n) is 1.51. The second-order valence-corrected chi connectivity index (χ2v) is 6.52. The first-order valence-corrected chi connectivity index (χ1v) is 9.83. The Morgan fingerprint density at radius 1 is 1.71 bits per heavy atom. The van der Waals surface area contributed by atoms with Crippen LogP contribution in [-0.4, -0.2) is 10.7 Å². The summed E-state index contributed by atoms with van der Waals surface area (Å²) in [5, 5.41) is 0. The standard InChI is InChI=1S/C4H7I2O/c5-6-4-2-1-3-7-4/h4H,1-3H2/q-1. The molecule has 1 aliphatic heterocycles. The van der Waals surface area contributed by atoms with E-state index in [0.29, 0.717) is 21.3 Å². The third-order valence-corrected chi connectivity index (χ3v) is 6.00. The Hall–Kier alpha value is 1.42. The average Bonchev–Trinajstić information content (AvgIpc) is 2.14. The van der Waals surface area contributed by atoms with Gasteiger partial charge in [-0.25, -0.2) is 0 Å². The zero-order valence-corrected chi connectivity index (χ0v) is 8.18. The monoisotopic (exact) mass is 325 g/mol. The zero-order valence-electron chi connectivity index (χ0n) is 3.86. The number of ether oxygens (including phenoxy) is 1. The zero-order chi connectivity index (χ0) is 5.11. The molecule has 0 aromatic heterocycles. The molecule has 1 nitrogen and oxygen atoms in total. The van der Waals surface area contributed by atoms with Crippen LogP contribution in [0.15, 0.2) is 0 Å². The van der Waals surface area contributed by atoms with Crippen LogP contribution < -0.4 is 17.2 Å². The van der Waals surface area contributed by atoms with Crippen molar-refractivity contribution >= 4 is 18.6 Å².